The van der Waals surface area contributed by atoms with Crippen LogP contribution in [0.1, 0.15) is 46.7 Å². The molecule has 5 nitrogen and oxygen atoms in total. The predicted octanol–water partition coefficient (Wildman–Crippen LogP) is 12.9. The minimum atomic E-state index is -0.269. The molecular formula is C51H36N4OS. The van der Waals surface area contributed by atoms with E-state index in [2.05, 4.69) is 173 Å². The van der Waals surface area contributed by atoms with Crippen molar-refractivity contribution in [2.75, 3.05) is 0 Å². The molecule has 0 bridgehead atoms. The minimum Gasteiger partial charge on any atom is -0.456 e. The van der Waals surface area contributed by atoms with Crippen LogP contribution in [0.2, 0.25) is 0 Å². The van der Waals surface area contributed by atoms with Crippen molar-refractivity contribution in [1.29, 1.82) is 0 Å². The molecule has 2 aliphatic rings. The zero-order valence-corrected chi connectivity index (χ0v) is 31.8. The molecule has 10 aromatic rings. The number of amidine groups is 1. The van der Waals surface area contributed by atoms with Crippen LogP contribution >= 0.6 is 11.3 Å². The molecule has 4 heterocycles. The lowest BCUT2D eigenvalue weighted by molar-refractivity contribution is 0.409. The number of nitrogens with zero attached hydrogens (tertiary/aromatic N) is 2. The second-order valence-corrected chi connectivity index (χ2v) is 16.2. The molecule has 0 radical (unpaired) electrons. The van der Waals surface area contributed by atoms with Crippen LogP contribution in [0.3, 0.4) is 0 Å². The monoisotopic (exact) mass is 752 g/mol. The summed E-state index contributed by atoms with van der Waals surface area (Å²) in [6, 6.07) is 56.6. The summed E-state index contributed by atoms with van der Waals surface area (Å²) in [5, 5.41) is 13.5. The zero-order valence-electron chi connectivity index (χ0n) is 30.9. The van der Waals surface area contributed by atoms with Gasteiger partial charge >= 0.3 is 0 Å². The molecule has 6 heteroatoms. The Morgan fingerprint density at radius 1 is 0.632 bits per heavy atom. The Hall–Kier alpha value is -6.73. The number of thiophene rings is 1. The number of aromatic nitrogens is 1. The Morgan fingerprint density at radius 2 is 1.44 bits per heavy atom. The average molecular weight is 753 g/mol. The quantitative estimate of drug-likeness (QED) is 0.184. The molecule has 0 spiro atoms. The third-order valence-electron chi connectivity index (χ3n) is 11.8. The molecule has 57 heavy (non-hydrogen) atoms. The van der Waals surface area contributed by atoms with Gasteiger partial charge in [0.15, 0.2) is 0 Å². The first-order valence-corrected chi connectivity index (χ1v) is 20.5. The molecule has 7 aromatic carbocycles. The summed E-state index contributed by atoms with van der Waals surface area (Å²) >= 11 is 1.86. The van der Waals surface area contributed by atoms with Crippen molar-refractivity contribution in [2.24, 2.45) is 4.99 Å². The van der Waals surface area contributed by atoms with E-state index in [0.29, 0.717) is 0 Å². The molecule has 3 aromatic heterocycles. The van der Waals surface area contributed by atoms with Crippen molar-refractivity contribution in [3.05, 3.63) is 192 Å². The van der Waals surface area contributed by atoms with Gasteiger partial charge in [-0.1, -0.05) is 115 Å². The van der Waals surface area contributed by atoms with E-state index in [9.17, 15) is 0 Å². The normalized spacial score (nSPS) is 16.7. The van der Waals surface area contributed by atoms with Gasteiger partial charge in [-0.25, -0.2) is 4.99 Å². The summed E-state index contributed by atoms with van der Waals surface area (Å²) in [6.07, 6.45) is 6.41. The van der Waals surface area contributed by atoms with E-state index in [0.717, 1.165) is 57.3 Å². The fraction of sp³-hybridized carbons (Fsp3) is 0.0784. The number of allylic oxidation sites excluding steroid dienone is 1. The van der Waals surface area contributed by atoms with Gasteiger partial charge in [-0.15, -0.1) is 11.3 Å². The number of rotatable bonds is 5. The molecule has 0 saturated carbocycles. The van der Waals surface area contributed by atoms with Crippen molar-refractivity contribution in [2.45, 2.75) is 25.2 Å². The first-order chi connectivity index (χ1) is 28.2. The van der Waals surface area contributed by atoms with Gasteiger partial charge in [0.25, 0.3) is 0 Å². The summed E-state index contributed by atoms with van der Waals surface area (Å²) in [6.45, 7) is 0. The number of hydrogen-bond donors (Lipinski definition) is 2. The largest absolute Gasteiger partial charge is 0.456 e. The molecular weight excluding hydrogens is 717 g/mol. The molecule has 12 rings (SSSR count). The molecule has 2 atom stereocenters. The van der Waals surface area contributed by atoms with E-state index < -0.39 is 0 Å². The van der Waals surface area contributed by atoms with Gasteiger partial charge in [-0.05, 0) is 95.3 Å². The molecule has 2 N–H and O–H groups in total. The fourth-order valence-electron chi connectivity index (χ4n) is 9.08. The van der Waals surface area contributed by atoms with Crippen LogP contribution in [0, 0.1) is 0 Å². The summed E-state index contributed by atoms with van der Waals surface area (Å²) < 4.78 is 11.7. The lowest BCUT2D eigenvalue weighted by Gasteiger charge is -2.32. The summed E-state index contributed by atoms with van der Waals surface area (Å²) in [7, 11) is 0. The number of aliphatic imine (C=N–C) groups is 1. The topological polar surface area (TPSA) is 54.5 Å². The number of nitrogens with one attached hydrogen (secondary N) is 2. The SMILES string of the molecule is C1=Cc2c(c3ccccc3n2-c2ccc3sc4ccc(-c5cccc6oc7cc(C8N=C(c9ccccc9)NC(c9ccccc9)N8)ccc7c56)cc4c3c2)CC1. The van der Waals surface area contributed by atoms with Crippen molar-refractivity contribution in [3.63, 3.8) is 0 Å². The Morgan fingerprint density at radius 3 is 2.33 bits per heavy atom. The number of para-hydroxylation sites is 1. The first-order valence-electron chi connectivity index (χ1n) is 19.7. The second kappa shape index (κ2) is 12.9. The van der Waals surface area contributed by atoms with Gasteiger partial charge in [-0.3, -0.25) is 5.32 Å². The standard InChI is InChI=1S/C51H36N4OS/c1-3-12-31(13-4-1)49-52-50(32-14-5-2-6-15-32)54-51(53-49)34-22-25-39-45(29-34)56-44-21-11-18-36(48(39)44)33-23-26-46-40(28-33)41-30-35(24-27-47(41)57-46)55-42-19-9-7-16-37(42)38-17-8-10-20-43(38)55/h1-7,9-16,18-30,49,51,53H,8,17H2,(H,52,54). The summed E-state index contributed by atoms with van der Waals surface area (Å²) in [4.78, 5) is 5.18. The Kier molecular flexibility index (Phi) is 7.37. The van der Waals surface area contributed by atoms with Crippen LogP contribution < -0.4 is 10.6 Å². The highest BCUT2D eigenvalue weighted by molar-refractivity contribution is 7.25. The number of furan rings is 1. The maximum atomic E-state index is 6.65. The average Bonchev–Trinajstić information content (AvgIpc) is 3.95. The molecule has 0 fully saturated rings. The van der Waals surface area contributed by atoms with Crippen LogP contribution in [-0.2, 0) is 6.42 Å². The van der Waals surface area contributed by atoms with Gasteiger partial charge in [0.05, 0.1) is 5.52 Å². The highest BCUT2D eigenvalue weighted by Gasteiger charge is 2.26. The van der Waals surface area contributed by atoms with E-state index in [1.54, 1.807) is 0 Å². The number of hydrogen-bond acceptors (Lipinski definition) is 5. The van der Waals surface area contributed by atoms with Crippen LogP contribution in [0.25, 0.3) is 75.9 Å². The van der Waals surface area contributed by atoms with E-state index in [1.807, 2.05) is 23.5 Å². The van der Waals surface area contributed by atoms with Gasteiger partial charge in [0, 0.05) is 53.3 Å². The minimum absolute atomic E-state index is 0.106. The molecule has 0 saturated heterocycles. The van der Waals surface area contributed by atoms with Crippen LogP contribution in [-0.4, -0.2) is 10.4 Å². The van der Waals surface area contributed by atoms with Gasteiger partial charge < -0.3 is 14.3 Å². The smallest absolute Gasteiger partial charge is 0.136 e. The molecule has 1 aliphatic carbocycles. The van der Waals surface area contributed by atoms with Crippen molar-refractivity contribution >= 4 is 76.3 Å². The van der Waals surface area contributed by atoms with Gasteiger partial charge in [0.2, 0.25) is 0 Å². The Labute approximate surface area is 333 Å². The third kappa shape index (κ3) is 5.29. The van der Waals surface area contributed by atoms with Crippen LogP contribution in [0.5, 0.6) is 0 Å². The van der Waals surface area contributed by atoms with Crippen molar-refractivity contribution in [1.82, 2.24) is 15.2 Å². The molecule has 2 unspecified atom stereocenters. The molecule has 272 valence electrons. The first kappa shape index (κ1) is 32.5. The second-order valence-electron chi connectivity index (χ2n) is 15.1. The maximum Gasteiger partial charge on any atom is 0.136 e. The van der Waals surface area contributed by atoms with Gasteiger partial charge in [-0.2, -0.15) is 0 Å². The van der Waals surface area contributed by atoms with Crippen LogP contribution in [0.15, 0.2) is 173 Å². The maximum absolute atomic E-state index is 6.65. The van der Waals surface area contributed by atoms with Crippen LogP contribution in [0.4, 0.5) is 0 Å². The fourth-order valence-corrected chi connectivity index (χ4v) is 10.1. The summed E-state index contributed by atoms with van der Waals surface area (Å²) in [5.41, 5.74) is 12.6. The third-order valence-corrected chi connectivity index (χ3v) is 12.9. The van der Waals surface area contributed by atoms with Gasteiger partial charge in [0.1, 0.15) is 29.3 Å². The lowest BCUT2D eigenvalue weighted by atomic mass is 9.97. The Bertz CT molecular complexity index is 3260. The Balaban J connectivity index is 0.956. The highest BCUT2D eigenvalue weighted by Crippen LogP contribution is 2.43. The van der Waals surface area contributed by atoms with E-state index in [4.69, 9.17) is 9.41 Å². The molecule has 1 aliphatic heterocycles. The lowest BCUT2D eigenvalue weighted by Crippen LogP contribution is -2.44. The summed E-state index contributed by atoms with van der Waals surface area (Å²) in [5.74, 6) is 0.863. The number of benzene rings is 7. The van der Waals surface area contributed by atoms with Crippen molar-refractivity contribution in [3.8, 4) is 16.8 Å². The van der Waals surface area contributed by atoms with E-state index >= 15 is 0 Å². The number of aryl methyl sites for hydroxylation is 1. The molecule has 0 amide bonds. The highest BCUT2D eigenvalue weighted by atomic mass is 32.1. The number of fused-ring (bicyclic) bond motifs is 9. The van der Waals surface area contributed by atoms with E-state index in [1.165, 1.54) is 59.1 Å². The zero-order chi connectivity index (χ0) is 37.5. The van der Waals surface area contributed by atoms with E-state index in [-0.39, 0.29) is 12.3 Å². The predicted molar refractivity (Wildman–Crippen MR) is 237 cm³/mol. The van der Waals surface area contributed by atoms with Crippen molar-refractivity contribution < 1.29 is 4.42 Å².